The molecule has 2 aromatic heterocycles. The molecule has 0 unspecified atom stereocenters. The Morgan fingerprint density at radius 1 is 1.10 bits per heavy atom. The summed E-state index contributed by atoms with van der Waals surface area (Å²) < 4.78 is 12.7. The molecule has 1 aromatic carbocycles. The van der Waals surface area contributed by atoms with Crippen molar-refractivity contribution in [1.82, 2.24) is 25.2 Å². The summed E-state index contributed by atoms with van der Waals surface area (Å²) in [6.45, 7) is 5.85. The van der Waals surface area contributed by atoms with Crippen molar-refractivity contribution in [2.24, 2.45) is 4.99 Å². The molecular weight excluding hydrogens is 507 g/mol. The number of aromatic nitrogens is 3. The quantitative estimate of drug-likeness (QED) is 0.261. The molecule has 0 amide bonds. The summed E-state index contributed by atoms with van der Waals surface area (Å²) >= 11 is 0. The molecule has 0 saturated heterocycles. The van der Waals surface area contributed by atoms with Gasteiger partial charge in [-0.05, 0) is 37.6 Å². The molecule has 0 saturated carbocycles. The third-order valence-electron chi connectivity index (χ3n) is 4.59. The van der Waals surface area contributed by atoms with Gasteiger partial charge in [-0.2, -0.15) is 0 Å². The van der Waals surface area contributed by atoms with E-state index in [1.54, 1.807) is 20.4 Å². The summed E-state index contributed by atoms with van der Waals surface area (Å²) in [7, 11) is 3.29. The Labute approximate surface area is 200 Å². The van der Waals surface area contributed by atoms with E-state index in [4.69, 9.17) is 9.47 Å². The van der Waals surface area contributed by atoms with Crippen LogP contribution >= 0.6 is 24.0 Å². The number of aryl methyl sites for hydroxylation is 1. The molecule has 0 radical (unpaired) electrons. The Balaban J connectivity index is 0.00000341. The first kappa shape index (κ1) is 24.4. The molecule has 3 aromatic rings. The lowest BCUT2D eigenvalue weighted by atomic mass is 10.2. The van der Waals surface area contributed by atoms with Crippen molar-refractivity contribution >= 4 is 29.9 Å². The van der Waals surface area contributed by atoms with E-state index in [0.717, 1.165) is 46.8 Å². The summed E-state index contributed by atoms with van der Waals surface area (Å²) in [6.07, 6.45) is 5.51. The van der Waals surface area contributed by atoms with Crippen LogP contribution in [0.15, 0.2) is 53.9 Å². The van der Waals surface area contributed by atoms with Crippen LogP contribution in [0.2, 0.25) is 0 Å². The number of nitrogens with one attached hydrogen (secondary N) is 2. The first-order chi connectivity index (χ1) is 14.6. The summed E-state index contributed by atoms with van der Waals surface area (Å²) in [6, 6.07) is 9.77. The van der Waals surface area contributed by atoms with Crippen LogP contribution in [-0.4, -0.2) is 41.3 Å². The van der Waals surface area contributed by atoms with E-state index in [2.05, 4.69) is 25.6 Å². The number of imidazole rings is 1. The normalized spacial score (nSPS) is 10.9. The molecule has 2 heterocycles. The molecule has 166 valence electrons. The molecule has 8 nitrogen and oxygen atoms in total. The monoisotopic (exact) mass is 536 g/mol. The van der Waals surface area contributed by atoms with Crippen LogP contribution in [0.3, 0.4) is 0 Å². The van der Waals surface area contributed by atoms with E-state index < -0.39 is 0 Å². The molecule has 0 aliphatic rings. The first-order valence-corrected chi connectivity index (χ1v) is 9.83. The lowest BCUT2D eigenvalue weighted by molar-refractivity contribution is 0.390. The summed E-state index contributed by atoms with van der Waals surface area (Å²) in [5.74, 6) is 4.01. The van der Waals surface area contributed by atoms with E-state index in [0.29, 0.717) is 13.1 Å². The Kier molecular flexibility index (Phi) is 9.57. The number of benzene rings is 1. The summed E-state index contributed by atoms with van der Waals surface area (Å²) in [4.78, 5) is 13.4. The number of halogens is 1. The Bertz CT molecular complexity index is 988. The van der Waals surface area contributed by atoms with E-state index >= 15 is 0 Å². The number of ether oxygens (including phenoxy) is 2. The highest BCUT2D eigenvalue weighted by molar-refractivity contribution is 14.0. The second-order valence-corrected chi connectivity index (χ2v) is 6.60. The van der Waals surface area contributed by atoms with Crippen molar-refractivity contribution in [3.63, 3.8) is 0 Å². The van der Waals surface area contributed by atoms with Gasteiger partial charge in [-0.15, -0.1) is 24.0 Å². The van der Waals surface area contributed by atoms with Crippen LogP contribution in [0.5, 0.6) is 11.5 Å². The van der Waals surface area contributed by atoms with Gasteiger partial charge in [0.25, 0.3) is 0 Å². The maximum Gasteiger partial charge on any atom is 0.191 e. The number of hydrogen-bond acceptors (Lipinski definition) is 5. The zero-order chi connectivity index (χ0) is 21.3. The van der Waals surface area contributed by atoms with Gasteiger partial charge in [0.2, 0.25) is 0 Å². The van der Waals surface area contributed by atoms with Gasteiger partial charge in [-0.1, -0.05) is 6.07 Å². The predicted molar refractivity (Wildman–Crippen MR) is 133 cm³/mol. The van der Waals surface area contributed by atoms with Gasteiger partial charge in [-0.3, -0.25) is 4.57 Å². The van der Waals surface area contributed by atoms with Gasteiger partial charge >= 0.3 is 0 Å². The van der Waals surface area contributed by atoms with E-state index in [1.807, 2.05) is 61.1 Å². The van der Waals surface area contributed by atoms with Crippen molar-refractivity contribution in [2.75, 3.05) is 20.8 Å². The number of nitrogens with zero attached hydrogens (tertiary/aromatic N) is 4. The molecule has 0 aliphatic heterocycles. The van der Waals surface area contributed by atoms with E-state index in [1.165, 1.54) is 0 Å². The van der Waals surface area contributed by atoms with Gasteiger partial charge in [0, 0.05) is 43.3 Å². The minimum atomic E-state index is 0. The SMILES string of the molecule is CCNC(=NCc1ccc(-n2ccnc2C)nc1)NCc1ccc(OC)cc1OC.I. The highest BCUT2D eigenvalue weighted by Crippen LogP contribution is 2.24. The smallest absolute Gasteiger partial charge is 0.191 e. The Morgan fingerprint density at radius 2 is 1.94 bits per heavy atom. The minimum Gasteiger partial charge on any atom is -0.497 e. The maximum absolute atomic E-state index is 5.46. The second kappa shape index (κ2) is 12.1. The van der Waals surface area contributed by atoms with Gasteiger partial charge in [0.1, 0.15) is 23.1 Å². The number of aliphatic imine (C=N–C) groups is 1. The molecule has 31 heavy (non-hydrogen) atoms. The lowest BCUT2D eigenvalue weighted by Gasteiger charge is -2.14. The first-order valence-electron chi connectivity index (χ1n) is 9.83. The van der Waals surface area contributed by atoms with Crippen molar-refractivity contribution in [2.45, 2.75) is 26.9 Å². The van der Waals surface area contributed by atoms with Crippen molar-refractivity contribution in [3.8, 4) is 17.3 Å². The van der Waals surface area contributed by atoms with Gasteiger partial charge < -0.3 is 20.1 Å². The highest BCUT2D eigenvalue weighted by atomic mass is 127. The van der Waals surface area contributed by atoms with Crippen molar-refractivity contribution in [1.29, 1.82) is 0 Å². The number of methoxy groups -OCH3 is 2. The molecule has 0 bridgehead atoms. The third kappa shape index (κ3) is 6.58. The largest absolute Gasteiger partial charge is 0.497 e. The number of guanidine groups is 1. The van der Waals surface area contributed by atoms with Crippen LogP contribution in [0.1, 0.15) is 23.9 Å². The molecule has 3 rings (SSSR count). The van der Waals surface area contributed by atoms with Crippen LogP contribution in [-0.2, 0) is 13.1 Å². The van der Waals surface area contributed by atoms with Crippen LogP contribution < -0.4 is 20.1 Å². The van der Waals surface area contributed by atoms with Crippen LogP contribution in [0.4, 0.5) is 0 Å². The number of rotatable bonds is 8. The van der Waals surface area contributed by atoms with Crippen molar-refractivity contribution in [3.05, 3.63) is 65.9 Å². The topological polar surface area (TPSA) is 85.6 Å². The van der Waals surface area contributed by atoms with Gasteiger partial charge in [0.05, 0.1) is 20.8 Å². The van der Waals surface area contributed by atoms with Gasteiger partial charge in [-0.25, -0.2) is 15.0 Å². The van der Waals surface area contributed by atoms with Crippen molar-refractivity contribution < 1.29 is 9.47 Å². The summed E-state index contributed by atoms with van der Waals surface area (Å²) in [5, 5.41) is 6.61. The fourth-order valence-electron chi connectivity index (χ4n) is 2.96. The third-order valence-corrected chi connectivity index (χ3v) is 4.59. The molecular formula is C22H29IN6O2. The average molecular weight is 536 g/mol. The van der Waals surface area contributed by atoms with Crippen LogP contribution in [0.25, 0.3) is 5.82 Å². The Hall–Kier alpha value is -2.82. The highest BCUT2D eigenvalue weighted by Gasteiger charge is 2.07. The van der Waals surface area contributed by atoms with E-state index in [9.17, 15) is 0 Å². The standard InChI is InChI=1S/C22H28N6O2.HI/c1-5-23-22(27-15-18-7-8-19(29-3)12-20(18)30-4)26-14-17-6-9-21(25-13-17)28-11-10-24-16(28)2;/h6-13H,5,14-15H2,1-4H3,(H2,23,26,27);1H. The Morgan fingerprint density at radius 3 is 2.55 bits per heavy atom. The zero-order valence-electron chi connectivity index (χ0n) is 18.3. The van der Waals surface area contributed by atoms with Gasteiger partial charge in [0.15, 0.2) is 5.96 Å². The second-order valence-electron chi connectivity index (χ2n) is 6.60. The number of hydrogen-bond donors (Lipinski definition) is 2. The average Bonchev–Trinajstić information content (AvgIpc) is 3.21. The predicted octanol–water partition coefficient (Wildman–Crippen LogP) is 3.47. The molecule has 0 atom stereocenters. The fourth-order valence-corrected chi connectivity index (χ4v) is 2.96. The zero-order valence-corrected chi connectivity index (χ0v) is 20.6. The number of pyridine rings is 1. The lowest BCUT2D eigenvalue weighted by Crippen LogP contribution is -2.36. The molecule has 0 fully saturated rings. The maximum atomic E-state index is 5.46. The van der Waals surface area contributed by atoms with E-state index in [-0.39, 0.29) is 24.0 Å². The molecule has 0 aliphatic carbocycles. The van der Waals surface area contributed by atoms with Crippen LogP contribution in [0, 0.1) is 6.92 Å². The molecule has 9 heteroatoms. The summed E-state index contributed by atoms with van der Waals surface area (Å²) in [5.41, 5.74) is 2.04. The minimum absolute atomic E-state index is 0. The molecule has 0 spiro atoms. The fraction of sp³-hybridized carbons (Fsp3) is 0.318. The molecule has 2 N–H and O–H groups in total.